The molecule has 1 fully saturated rings. The number of rotatable bonds is 1. The van der Waals surface area contributed by atoms with Crippen LogP contribution in [0.5, 0.6) is 0 Å². The average molecular weight is 295 g/mol. The van der Waals surface area contributed by atoms with Gasteiger partial charge >= 0.3 is 6.18 Å². The molecule has 3 unspecified atom stereocenters. The molecule has 19 heavy (non-hydrogen) atoms. The molecule has 2 rings (SSSR count). The first-order valence-electron chi connectivity index (χ1n) is 6.24. The molecule has 0 nitrogen and oxygen atoms in total. The van der Waals surface area contributed by atoms with E-state index in [0.29, 0.717) is 12.0 Å². The molecule has 0 bridgehead atoms. The first-order valence-corrected chi connectivity index (χ1v) is 6.62. The van der Waals surface area contributed by atoms with Gasteiger partial charge in [0.2, 0.25) is 0 Å². The second kappa shape index (κ2) is 4.97. The van der Waals surface area contributed by atoms with Gasteiger partial charge < -0.3 is 0 Å². The molecule has 0 heterocycles. The Hall–Kier alpha value is -0.770. The minimum atomic E-state index is -4.16. The quantitative estimate of drug-likeness (QED) is 0.602. The van der Waals surface area contributed by atoms with E-state index in [0.717, 1.165) is 5.56 Å². The third-order valence-electron chi connectivity index (χ3n) is 4.26. The predicted octanol–water partition coefficient (Wildman–Crippen LogP) is 5.48. The largest absolute Gasteiger partial charge is 0.392 e. The zero-order valence-electron chi connectivity index (χ0n) is 10.7. The molecule has 0 amide bonds. The Morgan fingerprint density at radius 3 is 2.37 bits per heavy atom. The Morgan fingerprint density at radius 1 is 1.21 bits per heavy atom. The second-order valence-electron chi connectivity index (χ2n) is 5.27. The lowest BCUT2D eigenvalue weighted by Gasteiger charge is -2.24. The summed E-state index contributed by atoms with van der Waals surface area (Å²) in [5, 5.41) is 0.0140. The van der Waals surface area contributed by atoms with Crippen molar-refractivity contribution in [3.63, 3.8) is 0 Å². The summed E-state index contributed by atoms with van der Waals surface area (Å²) < 4.78 is 51.9. The fourth-order valence-electron chi connectivity index (χ4n) is 3.13. The van der Waals surface area contributed by atoms with Crippen LogP contribution in [0.4, 0.5) is 17.6 Å². The van der Waals surface area contributed by atoms with Crippen molar-refractivity contribution in [1.82, 2.24) is 0 Å². The summed E-state index contributed by atoms with van der Waals surface area (Å²) in [6.45, 7) is 3.28. The fourth-order valence-corrected chi connectivity index (χ4v) is 3.31. The van der Waals surface area contributed by atoms with E-state index in [9.17, 15) is 17.6 Å². The SMILES string of the molecule is Cc1c(C2CCC(C(F)(F)F)C2C)ccc(F)c1Cl. The van der Waals surface area contributed by atoms with Gasteiger partial charge in [-0.2, -0.15) is 13.2 Å². The van der Waals surface area contributed by atoms with Gasteiger partial charge in [-0.3, -0.25) is 0 Å². The first kappa shape index (κ1) is 14.6. The molecule has 0 saturated heterocycles. The van der Waals surface area contributed by atoms with Crippen molar-refractivity contribution in [2.45, 2.75) is 38.8 Å². The van der Waals surface area contributed by atoms with Crippen molar-refractivity contribution < 1.29 is 17.6 Å². The molecule has 5 heteroatoms. The molecule has 1 saturated carbocycles. The third-order valence-corrected chi connectivity index (χ3v) is 4.72. The Kier molecular flexibility index (Phi) is 3.83. The van der Waals surface area contributed by atoms with Gasteiger partial charge in [0.25, 0.3) is 0 Å². The second-order valence-corrected chi connectivity index (χ2v) is 5.64. The van der Waals surface area contributed by atoms with Crippen LogP contribution in [0.15, 0.2) is 12.1 Å². The molecule has 106 valence electrons. The van der Waals surface area contributed by atoms with Crippen molar-refractivity contribution in [3.05, 3.63) is 34.1 Å². The molecule has 0 aliphatic heterocycles. The Bertz CT molecular complexity index is 481. The molecule has 1 aliphatic rings. The van der Waals surface area contributed by atoms with Crippen LogP contribution in [0.25, 0.3) is 0 Å². The Labute approximate surface area is 114 Å². The van der Waals surface area contributed by atoms with Crippen LogP contribution in [0.2, 0.25) is 5.02 Å². The first-order chi connectivity index (χ1) is 8.73. The summed E-state index contributed by atoms with van der Waals surface area (Å²) in [6, 6.07) is 2.80. The van der Waals surface area contributed by atoms with Gasteiger partial charge in [-0.05, 0) is 48.8 Å². The molecule has 0 spiro atoms. The normalized spacial score (nSPS) is 27.8. The van der Waals surface area contributed by atoms with E-state index in [1.807, 2.05) is 0 Å². The minimum absolute atomic E-state index is 0.0140. The number of hydrogen-bond donors (Lipinski definition) is 0. The van der Waals surface area contributed by atoms with Gasteiger partial charge in [0.1, 0.15) is 5.82 Å². The van der Waals surface area contributed by atoms with Crippen molar-refractivity contribution >= 4 is 11.6 Å². The maximum atomic E-state index is 13.3. The van der Waals surface area contributed by atoms with E-state index in [1.165, 1.54) is 6.07 Å². The summed E-state index contributed by atoms with van der Waals surface area (Å²) in [5.41, 5.74) is 1.30. The molecule has 1 aromatic carbocycles. The molecule has 1 aromatic rings. The highest BCUT2D eigenvalue weighted by Crippen LogP contribution is 2.51. The van der Waals surface area contributed by atoms with E-state index >= 15 is 0 Å². The summed E-state index contributed by atoms with van der Waals surface area (Å²) in [5.74, 6) is -2.51. The zero-order chi connectivity index (χ0) is 14.4. The topological polar surface area (TPSA) is 0 Å². The number of alkyl halides is 3. The van der Waals surface area contributed by atoms with Gasteiger partial charge in [-0.15, -0.1) is 0 Å². The van der Waals surface area contributed by atoms with Crippen molar-refractivity contribution in [1.29, 1.82) is 0 Å². The van der Waals surface area contributed by atoms with Crippen molar-refractivity contribution in [3.8, 4) is 0 Å². The van der Waals surface area contributed by atoms with Crippen LogP contribution >= 0.6 is 11.6 Å². The van der Waals surface area contributed by atoms with Crippen LogP contribution < -0.4 is 0 Å². The maximum Gasteiger partial charge on any atom is 0.392 e. The predicted molar refractivity (Wildman–Crippen MR) is 66.8 cm³/mol. The van der Waals surface area contributed by atoms with Gasteiger partial charge in [0.15, 0.2) is 0 Å². The lowest BCUT2D eigenvalue weighted by molar-refractivity contribution is -0.182. The van der Waals surface area contributed by atoms with Crippen LogP contribution in [0, 0.1) is 24.6 Å². The zero-order valence-corrected chi connectivity index (χ0v) is 11.4. The van der Waals surface area contributed by atoms with Crippen molar-refractivity contribution in [2.24, 2.45) is 11.8 Å². The summed E-state index contributed by atoms with van der Waals surface area (Å²) in [4.78, 5) is 0. The monoisotopic (exact) mass is 294 g/mol. The molecule has 3 atom stereocenters. The maximum absolute atomic E-state index is 13.3. The summed E-state index contributed by atoms with van der Waals surface area (Å²) in [7, 11) is 0. The minimum Gasteiger partial charge on any atom is -0.205 e. The van der Waals surface area contributed by atoms with E-state index in [1.54, 1.807) is 19.9 Å². The number of benzene rings is 1. The highest BCUT2D eigenvalue weighted by atomic mass is 35.5. The van der Waals surface area contributed by atoms with Crippen LogP contribution in [0.3, 0.4) is 0 Å². The van der Waals surface area contributed by atoms with Crippen LogP contribution in [-0.4, -0.2) is 6.18 Å². The van der Waals surface area contributed by atoms with E-state index in [2.05, 4.69) is 0 Å². The van der Waals surface area contributed by atoms with E-state index < -0.39 is 23.8 Å². The number of hydrogen-bond acceptors (Lipinski definition) is 0. The van der Waals surface area contributed by atoms with Crippen LogP contribution in [0.1, 0.15) is 36.8 Å². The van der Waals surface area contributed by atoms with Gasteiger partial charge in [-0.1, -0.05) is 24.6 Å². The third kappa shape index (κ3) is 2.60. The highest BCUT2D eigenvalue weighted by Gasteiger charge is 2.49. The smallest absolute Gasteiger partial charge is 0.205 e. The Balaban J connectivity index is 2.33. The standard InChI is InChI=1S/C14H15ClF4/c1-7-9(3-5-11(7)14(17,18)19)10-4-6-12(16)13(15)8(10)2/h4,6-7,9,11H,3,5H2,1-2H3. The molecular weight excluding hydrogens is 280 g/mol. The molecular formula is C14H15ClF4. The van der Waals surface area contributed by atoms with E-state index in [4.69, 9.17) is 11.6 Å². The van der Waals surface area contributed by atoms with Gasteiger partial charge in [0, 0.05) is 0 Å². The van der Waals surface area contributed by atoms with Crippen molar-refractivity contribution in [2.75, 3.05) is 0 Å². The van der Waals surface area contributed by atoms with E-state index in [-0.39, 0.29) is 17.4 Å². The molecule has 1 aliphatic carbocycles. The highest BCUT2D eigenvalue weighted by molar-refractivity contribution is 6.31. The lowest BCUT2D eigenvalue weighted by Crippen LogP contribution is -2.26. The fraction of sp³-hybridized carbons (Fsp3) is 0.571. The Morgan fingerprint density at radius 2 is 1.84 bits per heavy atom. The summed E-state index contributed by atoms with van der Waals surface area (Å²) >= 11 is 5.84. The molecule has 0 N–H and O–H groups in total. The lowest BCUT2D eigenvalue weighted by atomic mass is 9.84. The average Bonchev–Trinajstić information content (AvgIpc) is 2.68. The molecule has 0 aromatic heterocycles. The molecule has 0 radical (unpaired) electrons. The van der Waals surface area contributed by atoms with Gasteiger partial charge in [0.05, 0.1) is 10.9 Å². The van der Waals surface area contributed by atoms with Gasteiger partial charge in [-0.25, -0.2) is 4.39 Å². The summed E-state index contributed by atoms with van der Waals surface area (Å²) in [6.07, 6.45) is -3.57. The number of halogens is 5. The van der Waals surface area contributed by atoms with Crippen LogP contribution in [-0.2, 0) is 0 Å².